The monoisotopic (exact) mass is 443 g/mol. The number of hydrogen-bond donors (Lipinski definition) is 2. The van der Waals surface area contributed by atoms with Crippen molar-refractivity contribution < 1.29 is 18.0 Å². The zero-order chi connectivity index (χ0) is 22.7. The molecule has 166 valence electrons. The highest BCUT2D eigenvalue weighted by Gasteiger charge is 2.45. The van der Waals surface area contributed by atoms with E-state index in [0.717, 1.165) is 31.4 Å². The van der Waals surface area contributed by atoms with Crippen molar-refractivity contribution in [3.63, 3.8) is 0 Å². The second-order valence-electron chi connectivity index (χ2n) is 8.35. The molecule has 1 fully saturated rings. The smallest absolute Gasteiger partial charge is 0.335 e. The summed E-state index contributed by atoms with van der Waals surface area (Å²) in [7, 11) is 0. The van der Waals surface area contributed by atoms with Crippen molar-refractivity contribution in [2.24, 2.45) is 0 Å². The Bertz CT molecular complexity index is 1310. The fraction of sp³-hybridized carbons (Fsp3) is 0.364. The fourth-order valence-corrected chi connectivity index (χ4v) is 4.80. The molecule has 2 aromatic heterocycles. The molecular formula is C22H20F3N5O2. The summed E-state index contributed by atoms with van der Waals surface area (Å²) in [6.45, 7) is 1.73. The van der Waals surface area contributed by atoms with Crippen molar-refractivity contribution in [2.45, 2.75) is 50.9 Å². The van der Waals surface area contributed by atoms with Gasteiger partial charge in [-0.05, 0) is 62.4 Å². The maximum absolute atomic E-state index is 13.5. The summed E-state index contributed by atoms with van der Waals surface area (Å²) in [6, 6.07) is 4.73. The molecule has 32 heavy (non-hydrogen) atoms. The number of fused-ring (bicyclic) bond motifs is 3. The molecule has 1 saturated carbocycles. The van der Waals surface area contributed by atoms with Crippen LogP contribution in [0, 0.1) is 6.92 Å². The van der Waals surface area contributed by atoms with Crippen molar-refractivity contribution in [1.29, 1.82) is 0 Å². The van der Waals surface area contributed by atoms with Crippen LogP contribution in [0.15, 0.2) is 35.4 Å². The Morgan fingerprint density at radius 3 is 2.56 bits per heavy atom. The van der Waals surface area contributed by atoms with Gasteiger partial charge in [0.2, 0.25) is 0 Å². The van der Waals surface area contributed by atoms with Crippen LogP contribution in [0.4, 0.5) is 24.7 Å². The molecule has 7 nitrogen and oxygen atoms in total. The fourth-order valence-electron chi connectivity index (χ4n) is 4.80. The molecule has 2 aliphatic rings. The summed E-state index contributed by atoms with van der Waals surface area (Å²) in [5.41, 5.74) is -0.623. The van der Waals surface area contributed by atoms with E-state index in [4.69, 9.17) is 0 Å². The van der Waals surface area contributed by atoms with Crippen LogP contribution in [0.3, 0.4) is 0 Å². The van der Waals surface area contributed by atoms with Gasteiger partial charge in [0.05, 0.1) is 11.1 Å². The molecule has 1 aliphatic heterocycles. The lowest BCUT2D eigenvalue weighted by molar-refractivity contribution is -0.137. The van der Waals surface area contributed by atoms with Crippen molar-refractivity contribution in [2.75, 3.05) is 5.32 Å². The van der Waals surface area contributed by atoms with E-state index in [1.54, 1.807) is 6.92 Å². The van der Waals surface area contributed by atoms with Crippen LogP contribution in [0.5, 0.6) is 0 Å². The second-order valence-corrected chi connectivity index (χ2v) is 8.35. The number of alkyl halides is 3. The van der Waals surface area contributed by atoms with E-state index < -0.39 is 23.0 Å². The van der Waals surface area contributed by atoms with Crippen LogP contribution in [0.25, 0.3) is 10.9 Å². The van der Waals surface area contributed by atoms with Gasteiger partial charge in [-0.2, -0.15) is 13.2 Å². The molecule has 0 radical (unpaired) electrons. The lowest BCUT2D eigenvalue weighted by Crippen LogP contribution is -2.48. The molecule has 1 aromatic carbocycles. The van der Waals surface area contributed by atoms with Gasteiger partial charge in [-0.1, -0.05) is 6.42 Å². The number of hydrogen-bond acceptors (Lipinski definition) is 5. The molecule has 1 spiro atoms. The second kappa shape index (κ2) is 7.04. The molecule has 0 bridgehead atoms. The largest absolute Gasteiger partial charge is 0.416 e. The van der Waals surface area contributed by atoms with E-state index in [1.165, 1.54) is 23.0 Å². The third kappa shape index (κ3) is 3.12. The zero-order valence-corrected chi connectivity index (χ0v) is 17.2. The minimum Gasteiger partial charge on any atom is -0.335 e. The minimum absolute atomic E-state index is 0.0909. The highest BCUT2D eigenvalue weighted by molar-refractivity contribution is 5.97. The Morgan fingerprint density at radius 2 is 1.84 bits per heavy atom. The van der Waals surface area contributed by atoms with Gasteiger partial charge in [-0.3, -0.25) is 14.2 Å². The highest BCUT2D eigenvalue weighted by Crippen LogP contribution is 2.38. The van der Waals surface area contributed by atoms with Crippen LogP contribution in [-0.4, -0.2) is 20.4 Å². The summed E-state index contributed by atoms with van der Waals surface area (Å²) in [5.74, 6) is -0.191. The molecular weight excluding hydrogens is 423 g/mol. The summed E-state index contributed by atoms with van der Waals surface area (Å²) in [4.78, 5) is 34.3. The van der Waals surface area contributed by atoms with E-state index >= 15 is 0 Å². The summed E-state index contributed by atoms with van der Waals surface area (Å²) < 4.78 is 41.2. The first-order valence-electron chi connectivity index (χ1n) is 10.4. The molecule has 2 N–H and O–H groups in total. The van der Waals surface area contributed by atoms with Gasteiger partial charge in [-0.25, -0.2) is 9.97 Å². The predicted molar refractivity (Wildman–Crippen MR) is 112 cm³/mol. The van der Waals surface area contributed by atoms with E-state index in [0.29, 0.717) is 29.6 Å². The average Bonchev–Trinajstić information content (AvgIpc) is 3.03. The number of benzene rings is 1. The van der Waals surface area contributed by atoms with E-state index in [1.807, 2.05) is 0 Å². The third-order valence-corrected chi connectivity index (χ3v) is 6.28. The Labute approximate surface area is 180 Å². The van der Waals surface area contributed by atoms with Crippen molar-refractivity contribution >= 4 is 28.3 Å². The average molecular weight is 443 g/mol. The van der Waals surface area contributed by atoms with Crippen molar-refractivity contribution in [1.82, 2.24) is 19.9 Å². The number of pyridine rings is 1. The lowest BCUT2D eigenvalue weighted by atomic mass is 9.89. The van der Waals surface area contributed by atoms with E-state index in [9.17, 15) is 22.8 Å². The van der Waals surface area contributed by atoms with Crippen LogP contribution in [-0.2, 0) is 11.8 Å². The minimum atomic E-state index is -4.52. The Morgan fingerprint density at radius 1 is 1.09 bits per heavy atom. The Kier molecular flexibility index (Phi) is 4.51. The molecule has 3 aromatic rings. The number of amides is 1. The number of rotatable bonds is 2. The number of carbonyl (C=O) groups is 1. The lowest BCUT2D eigenvalue weighted by Gasteiger charge is -2.35. The SMILES string of the molecule is Cc1cc(Nc2ncnc3ccc(C(F)(F)F)cc23)c(=O)n2c1C(=O)NC21CCCCC1. The maximum atomic E-state index is 13.5. The number of anilines is 2. The molecule has 5 rings (SSSR count). The first kappa shape index (κ1) is 20.5. The number of aromatic nitrogens is 3. The third-order valence-electron chi connectivity index (χ3n) is 6.28. The predicted octanol–water partition coefficient (Wildman–Crippen LogP) is 4.22. The molecule has 0 atom stereocenters. The topological polar surface area (TPSA) is 88.9 Å². The summed E-state index contributed by atoms with van der Waals surface area (Å²) >= 11 is 0. The number of nitrogens with zero attached hydrogens (tertiary/aromatic N) is 3. The number of aryl methyl sites for hydroxylation is 1. The molecule has 10 heteroatoms. The van der Waals surface area contributed by atoms with Gasteiger partial charge in [0.15, 0.2) is 0 Å². The van der Waals surface area contributed by atoms with Crippen LogP contribution < -0.4 is 16.2 Å². The quantitative estimate of drug-likeness (QED) is 0.619. The molecule has 3 heterocycles. The van der Waals surface area contributed by atoms with E-state index in [2.05, 4.69) is 20.6 Å². The van der Waals surface area contributed by atoms with Gasteiger partial charge >= 0.3 is 6.18 Å². The summed E-state index contributed by atoms with van der Waals surface area (Å²) in [6.07, 6.45) is 0.820. The molecule has 1 amide bonds. The Balaban J connectivity index is 1.65. The van der Waals surface area contributed by atoms with Crippen molar-refractivity contribution in [3.05, 3.63) is 57.8 Å². The number of nitrogens with one attached hydrogen (secondary N) is 2. The van der Waals surface area contributed by atoms with Crippen LogP contribution in [0.1, 0.15) is 53.7 Å². The summed E-state index contributed by atoms with van der Waals surface area (Å²) in [5, 5.41) is 6.06. The highest BCUT2D eigenvalue weighted by atomic mass is 19.4. The van der Waals surface area contributed by atoms with Crippen molar-refractivity contribution in [3.8, 4) is 0 Å². The Hall–Kier alpha value is -3.43. The normalized spacial score (nSPS) is 17.4. The number of carbonyl (C=O) groups excluding carboxylic acids is 1. The first-order chi connectivity index (χ1) is 15.2. The zero-order valence-electron chi connectivity index (χ0n) is 17.2. The van der Waals surface area contributed by atoms with Crippen LogP contribution >= 0.6 is 0 Å². The van der Waals surface area contributed by atoms with E-state index in [-0.39, 0.29) is 22.8 Å². The maximum Gasteiger partial charge on any atom is 0.416 e. The molecule has 1 aliphatic carbocycles. The standard InChI is InChI=1S/C22H20F3N5O2/c1-12-9-16(20(32)30-17(12)19(31)29-21(30)7-3-2-4-8-21)28-18-14-10-13(22(23,24)25)5-6-15(14)26-11-27-18/h5-6,9-11H,2-4,7-8H2,1H3,(H,29,31)(H,26,27,28). The van der Waals surface area contributed by atoms with Gasteiger partial charge in [0.1, 0.15) is 29.2 Å². The first-order valence-corrected chi connectivity index (χ1v) is 10.4. The van der Waals surface area contributed by atoms with Gasteiger partial charge in [0, 0.05) is 5.39 Å². The molecule has 0 unspecified atom stereocenters. The van der Waals surface area contributed by atoms with Gasteiger partial charge < -0.3 is 10.6 Å². The molecule has 0 saturated heterocycles. The van der Waals surface area contributed by atoms with Gasteiger partial charge in [0.25, 0.3) is 11.5 Å². The van der Waals surface area contributed by atoms with Crippen LogP contribution in [0.2, 0.25) is 0 Å². The number of halogens is 3. The van der Waals surface area contributed by atoms with Gasteiger partial charge in [-0.15, -0.1) is 0 Å².